The Morgan fingerprint density at radius 2 is 1.76 bits per heavy atom. The molecule has 1 unspecified atom stereocenters. The maximum absolute atomic E-state index is 12.5. The summed E-state index contributed by atoms with van der Waals surface area (Å²) in [5, 5.41) is 9.08. The van der Waals surface area contributed by atoms with Crippen molar-refractivity contribution in [3.8, 4) is 6.07 Å². The second kappa shape index (κ2) is 14.1. The molecule has 0 aliphatic carbocycles. The third-order valence-corrected chi connectivity index (χ3v) is 7.05. The van der Waals surface area contributed by atoms with Crippen LogP contribution in [-0.4, -0.2) is 88.5 Å². The zero-order valence-corrected chi connectivity index (χ0v) is 21.8. The maximum Gasteiger partial charge on any atom is 0.248 e. The Morgan fingerprint density at radius 1 is 1.00 bits per heavy atom. The standard InChI is InChI=1S/C29H38N4O4/c1-35-17-18-36-23-29(34)33-15-13-31(14-16-33)21-28(37-22-25-9-7-24(20-30)8-10-25)26-5-4-6-27(19-26)32-11-2-3-12-32/h4-10,19,28H,2-3,11-18,21-23H2,1H3. The topological polar surface area (TPSA) is 78.3 Å². The van der Waals surface area contributed by atoms with Crippen LogP contribution in [0.4, 0.5) is 5.69 Å². The quantitative estimate of drug-likeness (QED) is 0.409. The van der Waals surface area contributed by atoms with E-state index in [2.05, 4.69) is 40.1 Å². The Labute approximate surface area is 220 Å². The molecule has 2 aliphatic heterocycles. The monoisotopic (exact) mass is 506 g/mol. The van der Waals surface area contributed by atoms with Gasteiger partial charge in [0.05, 0.1) is 37.6 Å². The van der Waals surface area contributed by atoms with E-state index in [0.29, 0.717) is 38.5 Å². The lowest BCUT2D eigenvalue weighted by Crippen LogP contribution is -2.50. The van der Waals surface area contributed by atoms with Crippen LogP contribution in [0.2, 0.25) is 0 Å². The van der Waals surface area contributed by atoms with Gasteiger partial charge in [0.25, 0.3) is 0 Å². The smallest absolute Gasteiger partial charge is 0.248 e. The van der Waals surface area contributed by atoms with Gasteiger partial charge in [-0.1, -0.05) is 24.3 Å². The second-order valence-electron chi connectivity index (χ2n) is 9.62. The average molecular weight is 507 g/mol. The maximum atomic E-state index is 12.5. The van der Waals surface area contributed by atoms with Crippen LogP contribution < -0.4 is 4.90 Å². The minimum Gasteiger partial charge on any atom is -0.382 e. The molecule has 2 heterocycles. The molecular weight excluding hydrogens is 468 g/mol. The van der Waals surface area contributed by atoms with Crippen LogP contribution >= 0.6 is 0 Å². The fraction of sp³-hybridized carbons (Fsp3) is 0.517. The molecule has 0 aromatic heterocycles. The van der Waals surface area contributed by atoms with Gasteiger partial charge >= 0.3 is 0 Å². The first-order chi connectivity index (χ1) is 18.2. The van der Waals surface area contributed by atoms with Crippen LogP contribution in [0.5, 0.6) is 0 Å². The SMILES string of the molecule is COCCOCC(=O)N1CCN(CC(OCc2ccc(C#N)cc2)c2cccc(N3CCCC3)c2)CC1. The van der Waals surface area contributed by atoms with Crippen LogP contribution in [0.15, 0.2) is 48.5 Å². The number of methoxy groups -OCH3 is 1. The molecular formula is C29H38N4O4. The number of anilines is 1. The van der Waals surface area contributed by atoms with Crippen molar-refractivity contribution >= 4 is 11.6 Å². The van der Waals surface area contributed by atoms with Crippen molar-refractivity contribution in [2.45, 2.75) is 25.6 Å². The highest BCUT2D eigenvalue weighted by Gasteiger charge is 2.25. The van der Waals surface area contributed by atoms with Crippen LogP contribution in [0, 0.1) is 11.3 Å². The molecule has 198 valence electrons. The summed E-state index contributed by atoms with van der Waals surface area (Å²) in [5.41, 5.74) is 4.12. The number of carbonyl (C=O) groups excluding carboxylic acids is 1. The molecule has 0 radical (unpaired) electrons. The molecule has 2 fully saturated rings. The molecule has 2 aromatic rings. The van der Waals surface area contributed by atoms with E-state index in [-0.39, 0.29) is 18.6 Å². The van der Waals surface area contributed by atoms with Gasteiger partial charge in [-0.3, -0.25) is 9.69 Å². The Kier molecular flexibility index (Phi) is 10.3. The molecule has 0 saturated carbocycles. The van der Waals surface area contributed by atoms with Crippen molar-refractivity contribution in [1.82, 2.24) is 9.80 Å². The summed E-state index contributed by atoms with van der Waals surface area (Å²) in [4.78, 5) is 19.2. The highest BCUT2D eigenvalue weighted by molar-refractivity contribution is 5.77. The molecule has 1 amide bonds. The summed E-state index contributed by atoms with van der Waals surface area (Å²) >= 11 is 0. The Bertz CT molecular complexity index is 1020. The Balaban J connectivity index is 1.38. The van der Waals surface area contributed by atoms with Gasteiger partial charge < -0.3 is 24.0 Å². The number of ether oxygens (including phenoxy) is 3. The first-order valence-electron chi connectivity index (χ1n) is 13.2. The third kappa shape index (κ3) is 8.01. The van der Waals surface area contributed by atoms with Crippen molar-refractivity contribution in [3.63, 3.8) is 0 Å². The molecule has 8 heteroatoms. The van der Waals surface area contributed by atoms with Crippen LogP contribution in [0.1, 0.15) is 35.6 Å². The predicted molar refractivity (Wildman–Crippen MR) is 142 cm³/mol. The predicted octanol–water partition coefficient (Wildman–Crippen LogP) is 3.22. The minimum absolute atomic E-state index is 0.0303. The van der Waals surface area contributed by atoms with Gasteiger partial charge in [-0.15, -0.1) is 0 Å². The number of nitriles is 1. The van der Waals surface area contributed by atoms with Crippen molar-refractivity contribution in [2.75, 3.05) is 77.6 Å². The van der Waals surface area contributed by atoms with E-state index in [1.807, 2.05) is 29.2 Å². The zero-order chi connectivity index (χ0) is 25.9. The first kappa shape index (κ1) is 27.1. The van der Waals surface area contributed by atoms with Gasteiger partial charge in [0, 0.05) is 58.6 Å². The van der Waals surface area contributed by atoms with Gasteiger partial charge in [0.15, 0.2) is 0 Å². The number of piperazine rings is 1. The van der Waals surface area contributed by atoms with E-state index in [1.165, 1.54) is 24.1 Å². The van der Waals surface area contributed by atoms with Crippen molar-refractivity contribution in [3.05, 3.63) is 65.2 Å². The first-order valence-corrected chi connectivity index (χ1v) is 13.2. The summed E-state index contributed by atoms with van der Waals surface area (Å²) in [6.07, 6.45) is 2.38. The van der Waals surface area contributed by atoms with E-state index in [4.69, 9.17) is 19.5 Å². The Morgan fingerprint density at radius 3 is 2.46 bits per heavy atom. The lowest BCUT2D eigenvalue weighted by molar-refractivity contribution is -0.138. The summed E-state index contributed by atoms with van der Waals surface area (Å²) in [6, 6.07) is 18.5. The highest BCUT2D eigenvalue weighted by atomic mass is 16.5. The fourth-order valence-electron chi connectivity index (χ4n) is 4.83. The summed E-state index contributed by atoms with van der Waals surface area (Å²) < 4.78 is 16.9. The van der Waals surface area contributed by atoms with Crippen molar-refractivity contribution in [1.29, 1.82) is 5.26 Å². The largest absolute Gasteiger partial charge is 0.382 e. The van der Waals surface area contributed by atoms with Crippen LogP contribution in [0.25, 0.3) is 0 Å². The summed E-state index contributed by atoms with van der Waals surface area (Å²) in [6.45, 7) is 7.41. The molecule has 2 aromatic carbocycles. The average Bonchev–Trinajstić information content (AvgIpc) is 3.49. The Hall–Kier alpha value is -2.96. The third-order valence-electron chi connectivity index (χ3n) is 7.05. The molecule has 4 rings (SSSR count). The second-order valence-corrected chi connectivity index (χ2v) is 9.62. The number of nitrogens with zero attached hydrogens (tertiary/aromatic N) is 4. The number of rotatable bonds is 12. The molecule has 0 bridgehead atoms. The lowest BCUT2D eigenvalue weighted by Gasteiger charge is -2.36. The van der Waals surface area contributed by atoms with E-state index in [9.17, 15) is 4.79 Å². The van der Waals surface area contributed by atoms with Crippen LogP contribution in [-0.2, 0) is 25.6 Å². The fourth-order valence-corrected chi connectivity index (χ4v) is 4.83. The highest BCUT2D eigenvalue weighted by Crippen LogP contribution is 2.27. The number of hydrogen-bond acceptors (Lipinski definition) is 7. The number of amides is 1. The van der Waals surface area contributed by atoms with Gasteiger partial charge in [-0.05, 0) is 48.2 Å². The van der Waals surface area contributed by atoms with Gasteiger partial charge in [-0.25, -0.2) is 0 Å². The molecule has 0 spiro atoms. The van der Waals surface area contributed by atoms with Gasteiger partial charge in [-0.2, -0.15) is 5.26 Å². The van der Waals surface area contributed by atoms with Gasteiger partial charge in [0.2, 0.25) is 5.91 Å². The van der Waals surface area contributed by atoms with Gasteiger partial charge in [0.1, 0.15) is 6.61 Å². The van der Waals surface area contributed by atoms with Crippen molar-refractivity contribution in [2.24, 2.45) is 0 Å². The van der Waals surface area contributed by atoms with E-state index < -0.39 is 0 Å². The van der Waals surface area contributed by atoms with Crippen molar-refractivity contribution < 1.29 is 19.0 Å². The number of hydrogen-bond donors (Lipinski definition) is 0. The molecule has 2 aliphatic rings. The van der Waals surface area contributed by atoms with E-state index >= 15 is 0 Å². The lowest BCUT2D eigenvalue weighted by atomic mass is 10.1. The summed E-state index contributed by atoms with van der Waals surface area (Å²) in [7, 11) is 1.62. The van der Waals surface area contributed by atoms with Crippen LogP contribution in [0.3, 0.4) is 0 Å². The minimum atomic E-state index is -0.0992. The molecule has 2 saturated heterocycles. The molecule has 37 heavy (non-hydrogen) atoms. The summed E-state index contributed by atoms with van der Waals surface area (Å²) in [5.74, 6) is 0.0303. The zero-order valence-electron chi connectivity index (χ0n) is 21.8. The molecule has 0 N–H and O–H groups in total. The normalized spacial score (nSPS) is 17.1. The van der Waals surface area contributed by atoms with E-state index in [1.54, 1.807) is 7.11 Å². The number of carbonyl (C=O) groups is 1. The number of benzene rings is 2. The van der Waals surface area contributed by atoms with E-state index in [0.717, 1.165) is 38.3 Å². The molecule has 8 nitrogen and oxygen atoms in total. The molecule has 1 atom stereocenters.